The molecule has 2 N–H and O–H groups in total. The molecule has 1 aromatic carbocycles. The van der Waals surface area contributed by atoms with Gasteiger partial charge in [-0.1, -0.05) is 26.0 Å². The molecule has 100 valence electrons. The molecule has 1 atom stereocenters. The molecule has 1 unspecified atom stereocenters. The van der Waals surface area contributed by atoms with Gasteiger partial charge in [0.05, 0.1) is 6.61 Å². The highest BCUT2D eigenvalue weighted by Crippen LogP contribution is 2.20. The third-order valence-corrected chi connectivity index (χ3v) is 2.54. The topological polar surface area (TPSA) is 61.5 Å². The molecule has 0 fully saturated rings. The van der Waals surface area contributed by atoms with Crippen molar-refractivity contribution in [3.63, 3.8) is 0 Å². The quantitative estimate of drug-likeness (QED) is 0.786. The maximum absolute atomic E-state index is 11.3. The highest BCUT2D eigenvalue weighted by molar-refractivity contribution is 5.75. The van der Waals surface area contributed by atoms with E-state index < -0.39 is 12.0 Å². The molecule has 0 aliphatic carbocycles. The molecule has 0 amide bonds. The van der Waals surface area contributed by atoms with Crippen LogP contribution in [0.15, 0.2) is 24.3 Å². The highest BCUT2D eigenvalue weighted by atomic mass is 16.5. The van der Waals surface area contributed by atoms with Crippen LogP contribution in [0.2, 0.25) is 0 Å². The molecule has 0 aliphatic rings. The standard InChI is InChI=1S/C14H21NO3/c1-4-17-14(16)13(15)9-18-12-7-5-6-11(8-12)10(2)3/h5-8,10,13H,4,9,15H2,1-3H3. The van der Waals surface area contributed by atoms with E-state index in [1.54, 1.807) is 6.92 Å². The van der Waals surface area contributed by atoms with Gasteiger partial charge in [0.1, 0.15) is 18.4 Å². The van der Waals surface area contributed by atoms with Crippen molar-refractivity contribution in [2.45, 2.75) is 32.7 Å². The van der Waals surface area contributed by atoms with Crippen molar-refractivity contribution in [3.05, 3.63) is 29.8 Å². The summed E-state index contributed by atoms with van der Waals surface area (Å²) in [7, 11) is 0. The van der Waals surface area contributed by atoms with Crippen LogP contribution in [0.25, 0.3) is 0 Å². The van der Waals surface area contributed by atoms with E-state index >= 15 is 0 Å². The van der Waals surface area contributed by atoms with Crippen LogP contribution in [-0.2, 0) is 9.53 Å². The summed E-state index contributed by atoms with van der Waals surface area (Å²) in [6.07, 6.45) is 0. The van der Waals surface area contributed by atoms with Crippen molar-refractivity contribution in [2.24, 2.45) is 5.73 Å². The number of hydrogen-bond donors (Lipinski definition) is 1. The van der Waals surface area contributed by atoms with E-state index in [1.165, 1.54) is 5.56 Å². The molecular formula is C14H21NO3. The smallest absolute Gasteiger partial charge is 0.326 e. The SMILES string of the molecule is CCOC(=O)C(N)COc1cccc(C(C)C)c1. The molecule has 4 heteroatoms. The van der Waals surface area contributed by atoms with E-state index in [-0.39, 0.29) is 6.61 Å². The Balaban J connectivity index is 2.53. The van der Waals surface area contributed by atoms with Gasteiger partial charge in [0.15, 0.2) is 0 Å². The van der Waals surface area contributed by atoms with Gasteiger partial charge in [-0.05, 0) is 30.5 Å². The maximum atomic E-state index is 11.3. The maximum Gasteiger partial charge on any atom is 0.326 e. The number of nitrogens with two attached hydrogens (primary N) is 1. The highest BCUT2D eigenvalue weighted by Gasteiger charge is 2.15. The molecule has 0 aliphatic heterocycles. The minimum atomic E-state index is -0.743. The van der Waals surface area contributed by atoms with Crippen LogP contribution in [0.3, 0.4) is 0 Å². The summed E-state index contributed by atoms with van der Waals surface area (Å²) in [5, 5.41) is 0. The fourth-order valence-corrected chi connectivity index (χ4v) is 1.47. The first kappa shape index (κ1) is 14.5. The second-order valence-corrected chi connectivity index (χ2v) is 4.40. The number of hydrogen-bond acceptors (Lipinski definition) is 4. The number of ether oxygens (including phenoxy) is 2. The van der Waals surface area contributed by atoms with Crippen LogP contribution in [-0.4, -0.2) is 25.2 Å². The van der Waals surface area contributed by atoms with E-state index in [0.29, 0.717) is 12.5 Å². The Kier molecular flexibility index (Phi) is 5.65. The average Bonchev–Trinajstić information content (AvgIpc) is 2.36. The van der Waals surface area contributed by atoms with Crippen molar-refractivity contribution in [1.29, 1.82) is 0 Å². The molecule has 0 saturated carbocycles. The Morgan fingerprint density at radius 2 is 2.11 bits per heavy atom. The van der Waals surface area contributed by atoms with E-state index in [2.05, 4.69) is 13.8 Å². The summed E-state index contributed by atoms with van der Waals surface area (Å²) in [6.45, 7) is 6.43. The summed E-state index contributed by atoms with van der Waals surface area (Å²) in [5.41, 5.74) is 6.84. The second-order valence-electron chi connectivity index (χ2n) is 4.40. The third kappa shape index (κ3) is 4.37. The molecule has 0 bridgehead atoms. The van der Waals surface area contributed by atoms with Crippen LogP contribution < -0.4 is 10.5 Å². The normalized spacial score (nSPS) is 12.3. The summed E-state index contributed by atoms with van der Waals surface area (Å²) >= 11 is 0. The lowest BCUT2D eigenvalue weighted by atomic mass is 10.0. The predicted molar refractivity (Wildman–Crippen MR) is 70.6 cm³/mol. The number of carbonyl (C=O) groups excluding carboxylic acids is 1. The van der Waals surface area contributed by atoms with Crippen molar-refractivity contribution < 1.29 is 14.3 Å². The van der Waals surface area contributed by atoms with Crippen LogP contribution >= 0.6 is 0 Å². The lowest BCUT2D eigenvalue weighted by molar-refractivity contribution is -0.145. The van der Waals surface area contributed by atoms with Gasteiger partial charge >= 0.3 is 5.97 Å². The second kappa shape index (κ2) is 7.01. The van der Waals surface area contributed by atoms with Gasteiger partial charge in [-0.2, -0.15) is 0 Å². The lowest BCUT2D eigenvalue weighted by Crippen LogP contribution is -2.37. The van der Waals surface area contributed by atoms with Gasteiger partial charge in [0.2, 0.25) is 0 Å². The number of carbonyl (C=O) groups is 1. The van der Waals surface area contributed by atoms with E-state index in [4.69, 9.17) is 15.2 Å². The monoisotopic (exact) mass is 251 g/mol. The molecule has 1 rings (SSSR count). The van der Waals surface area contributed by atoms with Crippen molar-refractivity contribution in [1.82, 2.24) is 0 Å². The minimum Gasteiger partial charge on any atom is -0.491 e. The average molecular weight is 251 g/mol. The van der Waals surface area contributed by atoms with E-state index in [9.17, 15) is 4.79 Å². The van der Waals surface area contributed by atoms with Crippen molar-refractivity contribution in [2.75, 3.05) is 13.2 Å². The van der Waals surface area contributed by atoms with Gasteiger partial charge in [0, 0.05) is 0 Å². The van der Waals surface area contributed by atoms with Crippen LogP contribution in [0.1, 0.15) is 32.3 Å². The largest absolute Gasteiger partial charge is 0.491 e. The zero-order valence-corrected chi connectivity index (χ0v) is 11.2. The Labute approximate surface area is 108 Å². The number of benzene rings is 1. The van der Waals surface area contributed by atoms with Crippen molar-refractivity contribution in [3.8, 4) is 5.75 Å². The molecule has 0 saturated heterocycles. The van der Waals surface area contributed by atoms with Gasteiger partial charge in [0.25, 0.3) is 0 Å². The van der Waals surface area contributed by atoms with Crippen LogP contribution in [0, 0.1) is 0 Å². The zero-order chi connectivity index (χ0) is 13.5. The summed E-state index contributed by atoms with van der Waals surface area (Å²) < 4.78 is 10.3. The fraction of sp³-hybridized carbons (Fsp3) is 0.500. The predicted octanol–water partition coefficient (Wildman–Crippen LogP) is 2.08. The number of esters is 1. The fourth-order valence-electron chi connectivity index (χ4n) is 1.47. The molecule has 0 spiro atoms. The Morgan fingerprint density at radius 1 is 1.39 bits per heavy atom. The van der Waals surface area contributed by atoms with Gasteiger partial charge < -0.3 is 15.2 Å². The Hall–Kier alpha value is -1.55. The molecule has 0 heterocycles. The minimum absolute atomic E-state index is 0.125. The number of rotatable bonds is 6. The van der Waals surface area contributed by atoms with Gasteiger partial charge in [-0.3, -0.25) is 4.79 Å². The lowest BCUT2D eigenvalue weighted by Gasteiger charge is -2.13. The molecule has 1 aromatic rings. The van der Waals surface area contributed by atoms with E-state index in [1.807, 2.05) is 24.3 Å². The third-order valence-electron chi connectivity index (χ3n) is 2.54. The van der Waals surface area contributed by atoms with Crippen LogP contribution in [0.5, 0.6) is 5.75 Å². The first-order valence-corrected chi connectivity index (χ1v) is 6.19. The molecule has 0 radical (unpaired) electrons. The molecular weight excluding hydrogens is 230 g/mol. The summed E-state index contributed by atoms with van der Waals surface area (Å²) in [5.74, 6) is 0.728. The molecule has 18 heavy (non-hydrogen) atoms. The van der Waals surface area contributed by atoms with E-state index in [0.717, 1.165) is 5.75 Å². The first-order chi connectivity index (χ1) is 8.54. The van der Waals surface area contributed by atoms with Crippen LogP contribution in [0.4, 0.5) is 0 Å². The first-order valence-electron chi connectivity index (χ1n) is 6.19. The van der Waals surface area contributed by atoms with Gasteiger partial charge in [-0.25, -0.2) is 0 Å². The molecule has 4 nitrogen and oxygen atoms in total. The summed E-state index contributed by atoms with van der Waals surface area (Å²) in [6, 6.07) is 7.04. The Morgan fingerprint density at radius 3 is 2.72 bits per heavy atom. The van der Waals surface area contributed by atoms with Crippen molar-refractivity contribution >= 4 is 5.97 Å². The summed E-state index contributed by atoms with van der Waals surface area (Å²) in [4.78, 5) is 11.3. The Bertz CT molecular complexity index is 390. The molecule has 0 aromatic heterocycles. The zero-order valence-electron chi connectivity index (χ0n) is 11.2. The van der Waals surface area contributed by atoms with Gasteiger partial charge in [-0.15, -0.1) is 0 Å².